The lowest BCUT2D eigenvalue weighted by Crippen LogP contribution is -2.49. The SMILES string of the molecule is O=C(Nc1ccccc1)C1=NOC2CCCCN2C1. The molecule has 1 N–H and O–H groups in total. The normalized spacial score (nSPS) is 22.9. The van der Waals surface area contributed by atoms with Crippen LogP contribution in [0.5, 0.6) is 0 Å². The summed E-state index contributed by atoms with van der Waals surface area (Å²) >= 11 is 0. The summed E-state index contributed by atoms with van der Waals surface area (Å²) < 4.78 is 0. The number of nitrogens with one attached hydrogen (secondary N) is 1. The highest BCUT2D eigenvalue weighted by Gasteiger charge is 2.31. The summed E-state index contributed by atoms with van der Waals surface area (Å²) in [4.78, 5) is 19.7. The van der Waals surface area contributed by atoms with Gasteiger partial charge in [0.05, 0.1) is 6.54 Å². The van der Waals surface area contributed by atoms with Crippen LogP contribution in [0, 0.1) is 0 Å². The Labute approximate surface area is 112 Å². The zero-order valence-electron chi connectivity index (χ0n) is 10.7. The van der Waals surface area contributed by atoms with Gasteiger partial charge in [-0.05, 0) is 25.0 Å². The summed E-state index contributed by atoms with van der Waals surface area (Å²) in [6.45, 7) is 1.55. The molecule has 100 valence electrons. The van der Waals surface area contributed by atoms with Crippen LogP contribution in [0.3, 0.4) is 0 Å². The van der Waals surface area contributed by atoms with Crippen molar-refractivity contribution in [2.24, 2.45) is 5.16 Å². The van der Waals surface area contributed by atoms with Crippen molar-refractivity contribution in [2.75, 3.05) is 18.4 Å². The lowest BCUT2D eigenvalue weighted by atomic mass is 10.1. The molecular formula is C14H17N3O2. The molecule has 1 aromatic carbocycles. The monoisotopic (exact) mass is 259 g/mol. The molecule has 0 aromatic heterocycles. The van der Waals surface area contributed by atoms with Gasteiger partial charge in [0.15, 0.2) is 11.9 Å². The van der Waals surface area contributed by atoms with E-state index in [1.54, 1.807) is 0 Å². The molecule has 0 bridgehead atoms. The number of hydrogen-bond acceptors (Lipinski definition) is 4. The Morgan fingerprint density at radius 1 is 1.32 bits per heavy atom. The number of anilines is 1. The number of benzene rings is 1. The van der Waals surface area contributed by atoms with Crippen molar-refractivity contribution < 1.29 is 9.63 Å². The number of piperidine rings is 1. The van der Waals surface area contributed by atoms with E-state index in [0.717, 1.165) is 25.1 Å². The first-order valence-corrected chi connectivity index (χ1v) is 6.66. The van der Waals surface area contributed by atoms with Gasteiger partial charge < -0.3 is 10.2 Å². The highest BCUT2D eigenvalue weighted by atomic mass is 16.7. The third kappa shape index (κ3) is 2.76. The van der Waals surface area contributed by atoms with Crippen molar-refractivity contribution >= 4 is 17.3 Å². The van der Waals surface area contributed by atoms with Gasteiger partial charge >= 0.3 is 0 Å². The van der Waals surface area contributed by atoms with Crippen LogP contribution >= 0.6 is 0 Å². The second kappa shape index (κ2) is 5.40. The van der Waals surface area contributed by atoms with Gasteiger partial charge in [0.2, 0.25) is 0 Å². The van der Waals surface area contributed by atoms with Gasteiger partial charge in [0, 0.05) is 18.7 Å². The molecule has 1 unspecified atom stereocenters. The van der Waals surface area contributed by atoms with E-state index >= 15 is 0 Å². The Kier molecular flexibility index (Phi) is 3.46. The Morgan fingerprint density at radius 2 is 2.16 bits per heavy atom. The molecule has 3 rings (SSSR count). The zero-order chi connectivity index (χ0) is 13.1. The van der Waals surface area contributed by atoms with Crippen LogP contribution in [0.15, 0.2) is 35.5 Å². The van der Waals surface area contributed by atoms with E-state index in [4.69, 9.17) is 4.84 Å². The number of rotatable bonds is 2. The van der Waals surface area contributed by atoms with Gasteiger partial charge in [-0.3, -0.25) is 9.69 Å². The summed E-state index contributed by atoms with van der Waals surface area (Å²) in [5.41, 5.74) is 1.22. The van der Waals surface area contributed by atoms with Crippen molar-refractivity contribution in [3.63, 3.8) is 0 Å². The van der Waals surface area contributed by atoms with Crippen LogP contribution in [-0.2, 0) is 9.63 Å². The van der Waals surface area contributed by atoms with Crippen molar-refractivity contribution in [3.8, 4) is 0 Å². The lowest BCUT2D eigenvalue weighted by Gasteiger charge is -2.36. The topological polar surface area (TPSA) is 53.9 Å². The fourth-order valence-corrected chi connectivity index (χ4v) is 2.44. The largest absolute Gasteiger partial charge is 0.376 e. The maximum absolute atomic E-state index is 12.1. The number of amides is 1. The number of oxime groups is 1. The number of fused-ring (bicyclic) bond motifs is 1. The molecule has 5 nitrogen and oxygen atoms in total. The molecule has 0 spiro atoms. The number of hydrogen-bond donors (Lipinski definition) is 1. The molecule has 5 heteroatoms. The third-order valence-electron chi connectivity index (χ3n) is 3.48. The Morgan fingerprint density at radius 3 is 3.00 bits per heavy atom. The molecule has 1 atom stereocenters. The number of carbonyl (C=O) groups excluding carboxylic acids is 1. The first-order valence-electron chi connectivity index (χ1n) is 6.66. The molecule has 2 aliphatic rings. The Balaban J connectivity index is 1.66. The molecule has 0 radical (unpaired) electrons. The second-order valence-electron chi connectivity index (χ2n) is 4.88. The van der Waals surface area contributed by atoms with E-state index in [9.17, 15) is 4.79 Å². The quantitative estimate of drug-likeness (QED) is 0.881. The van der Waals surface area contributed by atoms with Crippen LogP contribution in [0.25, 0.3) is 0 Å². The molecule has 1 saturated heterocycles. The van der Waals surface area contributed by atoms with Crippen LogP contribution < -0.4 is 5.32 Å². The maximum atomic E-state index is 12.1. The summed E-state index contributed by atoms with van der Waals surface area (Å²) in [7, 11) is 0. The summed E-state index contributed by atoms with van der Waals surface area (Å²) in [6.07, 6.45) is 3.38. The van der Waals surface area contributed by atoms with Crippen LogP contribution in [0.2, 0.25) is 0 Å². The predicted octanol–water partition coefficient (Wildman–Crippen LogP) is 1.82. The van der Waals surface area contributed by atoms with Crippen molar-refractivity contribution in [1.82, 2.24) is 4.90 Å². The minimum absolute atomic E-state index is 0.0574. The van der Waals surface area contributed by atoms with Gasteiger partial charge in [-0.2, -0.15) is 0 Å². The average molecular weight is 259 g/mol. The molecule has 19 heavy (non-hydrogen) atoms. The molecule has 1 amide bonds. The van der Waals surface area contributed by atoms with E-state index < -0.39 is 0 Å². The zero-order valence-corrected chi connectivity index (χ0v) is 10.7. The van der Waals surface area contributed by atoms with E-state index in [0.29, 0.717) is 12.3 Å². The molecular weight excluding hydrogens is 242 g/mol. The number of carbonyl (C=O) groups is 1. The minimum atomic E-state index is -0.185. The minimum Gasteiger partial charge on any atom is -0.376 e. The van der Waals surface area contributed by atoms with Gasteiger partial charge in [-0.15, -0.1) is 0 Å². The van der Waals surface area contributed by atoms with E-state index in [2.05, 4.69) is 15.4 Å². The second-order valence-corrected chi connectivity index (χ2v) is 4.88. The molecule has 2 aliphatic heterocycles. The van der Waals surface area contributed by atoms with E-state index in [1.165, 1.54) is 6.42 Å². The maximum Gasteiger partial charge on any atom is 0.274 e. The summed E-state index contributed by atoms with van der Waals surface area (Å²) in [6, 6.07) is 9.39. The summed E-state index contributed by atoms with van der Waals surface area (Å²) in [5, 5.41) is 6.80. The first-order chi connectivity index (χ1) is 9.33. The standard InChI is InChI=1S/C14H17N3O2/c18-14(15-11-6-2-1-3-7-11)12-10-17-9-5-4-8-13(17)19-16-12/h1-3,6-7,13H,4-5,8-10H2,(H,15,18). The van der Waals surface area contributed by atoms with Gasteiger partial charge in [-0.1, -0.05) is 23.4 Å². The fraction of sp³-hybridized carbons (Fsp3) is 0.429. The van der Waals surface area contributed by atoms with Gasteiger partial charge in [0.1, 0.15) is 0 Å². The molecule has 0 aliphatic carbocycles. The van der Waals surface area contributed by atoms with E-state index in [1.807, 2.05) is 30.3 Å². The van der Waals surface area contributed by atoms with Crippen molar-refractivity contribution in [2.45, 2.75) is 25.5 Å². The van der Waals surface area contributed by atoms with Gasteiger partial charge in [-0.25, -0.2) is 0 Å². The Bertz CT molecular complexity index is 487. The number of para-hydroxylation sites is 1. The molecule has 0 saturated carbocycles. The predicted molar refractivity (Wildman–Crippen MR) is 72.8 cm³/mol. The van der Waals surface area contributed by atoms with Crippen LogP contribution in [0.1, 0.15) is 19.3 Å². The lowest BCUT2D eigenvalue weighted by molar-refractivity contribution is -0.113. The molecule has 2 heterocycles. The van der Waals surface area contributed by atoms with E-state index in [-0.39, 0.29) is 12.1 Å². The third-order valence-corrected chi connectivity index (χ3v) is 3.48. The van der Waals surface area contributed by atoms with Crippen molar-refractivity contribution in [1.29, 1.82) is 0 Å². The highest BCUT2D eigenvalue weighted by molar-refractivity contribution is 6.43. The highest BCUT2D eigenvalue weighted by Crippen LogP contribution is 2.21. The molecule has 1 aromatic rings. The summed E-state index contributed by atoms with van der Waals surface area (Å²) in [5.74, 6) is -0.185. The smallest absolute Gasteiger partial charge is 0.274 e. The molecule has 1 fully saturated rings. The average Bonchev–Trinajstić information content (AvgIpc) is 2.48. The van der Waals surface area contributed by atoms with Crippen molar-refractivity contribution in [3.05, 3.63) is 30.3 Å². The fourth-order valence-electron chi connectivity index (χ4n) is 2.44. The first kappa shape index (κ1) is 12.2. The Hall–Kier alpha value is -1.88. The van der Waals surface area contributed by atoms with Crippen LogP contribution in [-0.4, -0.2) is 35.8 Å². The number of nitrogens with zero attached hydrogens (tertiary/aromatic N) is 2. The van der Waals surface area contributed by atoms with Gasteiger partial charge in [0.25, 0.3) is 5.91 Å². The van der Waals surface area contributed by atoms with Crippen LogP contribution in [0.4, 0.5) is 5.69 Å².